The van der Waals surface area contributed by atoms with E-state index < -0.39 is 0 Å². The van der Waals surface area contributed by atoms with Gasteiger partial charge >= 0.3 is 0 Å². The second kappa shape index (κ2) is 12.2. The number of fused-ring (bicyclic) bond motifs is 1. The Morgan fingerprint density at radius 2 is 1.38 bits per heavy atom. The second-order valence-corrected chi connectivity index (χ2v) is 11.0. The van der Waals surface area contributed by atoms with Crippen LogP contribution < -0.4 is 0 Å². The van der Waals surface area contributed by atoms with E-state index >= 15 is 0 Å². The maximum atomic E-state index is 4.66. The van der Waals surface area contributed by atoms with E-state index in [0.717, 1.165) is 17.8 Å². The quantitative estimate of drug-likeness (QED) is 0.324. The van der Waals surface area contributed by atoms with Crippen molar-refractivity contribution in [3.8, 4) is 12.8 Å². The zero-order valence-electron chi connectivity index (χ0n) is 22.6. The molecule has 2 aliphatic carbocycles. The van der Waals surface area contributed by atoms with Crippen LogP contribution in [0.5, 0.6) is 0 Å². The number of rotatable bonds is 3. The maximum Gasteiger partial charge on any atom is -0.00949 e. The summed E-state index contributed by atoms with van der Waals surface area (Å²) >= 11 is 0. The highest BCUT2D eigenvalue weighted by Gasteiger charge is 2.62. The van der Waals surface area contributed by atoms with Crippen LogP contribution in [0, 0.1) is 58.7 Å². The zero-order chi connectivity index (χ0) is 23.8. The average molecular weight is 405 g/mol. The van der Waals surface area contributed by atoms with Crippen molar-refractivity contribution in [3.63, 3.8) is 0 Å². The summed E-state index contributed by atoms with van der Waals surface area (Å²) in [6.07, 6.45) is 13.4. The standard InChI is InChI=1S/C23H42.2C2H6.C2H2/c1-15(2)14-16(3)19-22(8,9)18(5)17(4)20-21(6,7)12-11-13-23(19,20)10;3*1-2/h15,17-20H,3,11-14H2,1-2,4-10H3;2*1-2H3;1-2H. The first-order valence-electron chi connectivity index (χ1n) is 12.4. The molecule has 0 saturated heterocycles. The summed E-state index contributed by atoms with van der Waals surface area (Å²) in [5.41, 5.74) is 2.77. The summed E-state index contributed by atoms with van der Waals surface area (Å²) in [6, 6.07) is 0. The number of hydrogen-bond acceptors (Lipinski definition) is 0. The average Bonchev–Trinajstić information content (AvgIpc) is 2.63. The van der Waals surface area contributed by atoms with Crippen LogP contribution in [0.25, 0.3) is 0 Å². The van der Waals surface area contributed by atoms with Crippen LogP contribution in [0.15, 0.2) is 12.2 Å². The van der Waals surface area contributed by atoms with Crippen LogP contribution >= 0.6 is 0 Å². The van der Waals surface area contributed by atoms with Gasteiger partial charge in [0.05, 0.1) is 0 Å². The molecule has 0 aromatic heterocycles. The Balaban J connectivity index is 0. The molecule has 2 rings (SSSR count). The lowest BCUT2D eigenvalue weighted by molar-refractivity contribution is -0.168. The molecule has 0 heteroatoms. The van der Waals surface area contributed by atoms with Gasteiger partial charge in [-0.3, -0.25) is 0 Å². The molecule has 5 atom stereocenters. The molecular formula is C29H56. The second-order valence-electron chi connectivity index (χ2n) is 11.0. The van der Waals surface area contributed by atoms with Crippen LogP contribution in [-0.2, 0) is 0 Å². The summed E-state index contributed by atoms with van der Waals surface area (Å²) in [5, 5.41) is 0. The fraction of sp³-hybridized carbons (Fsp3) is 0.862. The van der Waals surface area contributed by atoms with Gasteiger partial charge in [-0.05, 0) is 65.1 Å². The normalized spacial score (nSPS) is 34.1. The van der Waals surface area contributed by atoms with Gasteiger partial charge in [-0.15, -0.1) is 12.8 Å². The van der Waals surface area contributed by atoms with Gasteiger partial charge in [0, 0.05) is 0 Å². The minimum atomic E-state index is 0.351. The summed E-state index contributed by atoms with van der Waals surface area (Å²) < 4.78 is 0. The SMILES string of the molecule is C#C.C=C(CC(C)C)C1C(C)(C)C(C)C(C)C2C(C)(C)CCCC21C.CC.CC. The number of hydrogen-bond donors (Lipinski definition) is 0. The topological polar surface area (TPSA) is 0 Å². The molecule has 0 nitrogen and oxygen atoms in total. The van der Waals surface area contributed by atoms with Crippen molar-refractivity contribution in [1.82, 2.24) is 0 Å². The van der Waals surface area contributed by atoms with Crippen molar-refractivity contribution in [2.75, 3.05) is 0 Å². The molecule has 2 aliphatic rings. The Morgan fingerprint density at radius 1 is 0.931 bits per heavy atom. The molecular weight excluding hydrogens is 348 g/mol. The van der Waals surface area contributed by atoms with E-state index in [-0.39, 0.29) is 0 Å². The summed E-state index contributed by atoms with van der Waals surface area (Å²) in [5.74, 6) is 3.75. The van der Waals surface area contributed by atoms with E-state index in [2.05, 4.69) is 81.7 Å². The van der Waals surface area contributed by atoms with Gasteiger partial charge in [-0.2, -0.15) is 0 Å². The molecule has 172 valence electrons. The number of terminal acetylenes is 1. The highest BCUT2D eigenvalue weighted by molar-refractivity contribution is 5.20. The molecule has 0 spiro atoms. The molecule has 0 radical (unpaired) electrons. The molecule has 0 aromatic carbocycles. The monoisotopic (exact) mass is 404 g/mol. The Bertz CT molecular complexity index is 489. The van der Waals surface area contributed by atoms with E-state index in [4.69, 9.17) is 0 Å². The first-order chi connectivity index (χ1) is 13.4. The lowest BCUT2D eigenvalue weighted by atomic mass is 9.38. The smallest absolute Gasteiger partial charge is 0.00949 e. The van der Waals surface area contributed by atoms with Crippen LogP contribution in [-0.4, -0.2) is 0 Å². The first kappa shape index (κ1) is 30.5. The Labute approximate surface area is 186 Å². The van der Waals surface area contributed by atoms with Gasteiger partial charge in [0.2, 0.25) is 0 Å². The Morgan fingerprint density at radius 3 is 1.79 bits per heavy atom. The van der Waals surface area contributed by atoms with Crippen molar-refractivity contribution in [1.29, 1.82) is 0 Å². The zero-order valence-corrected chi connectivity index (χ0v) is 22.6. The third kappa shape index (κ3) is 6.15. The third-order valence-electron chi connectivity index (χ3n) is 8.06. The van der Waals surface area contributed by atoms with Crippen LogP contribution in [0.1, 0.15) is 116 Å². The molecule has 0 heterocycles. The Hall–Kier alpha value is -0.700. The summed E-state index contributed by atoms with van der Waals surface area (Å²) in [4.78, 5) is 0. The van der Waals surface area contributed by atoms with Gasteiger partial charge in [-0.1, -0.05) is 109 Å². The van der Waals surface area contributed by atoms with Crippen molar-refractivity contribution in [3.05, 3.63) is 12.2 Å². The van der Waals surface area contributed by atoms with E-state index in [0.29, 0.717) is 28.1 Å². The van der Waals surface area contributed by atoms with Gasteiger partial charge in [0.15, 0.2) is 0 Å². The van der Waals surface area contributed by atoms with E-state index in [1.54, 1.807) is 0 Å². The predicted octanol–water partition coefficient (Wildman–Crippen LogP) is 9.65. The Kier molecular flexibility index (Phi) is 12.9. The fourth-order valence-electron chi connectivity index (χ4n) is 7.48. The highest BCUT2D eigenvalue weighted by atomic mass is 14.7. The largest absolute Gasteiger partial charge is 0.124 e. The molecule has 0 N–H and O–H groups in total. The lowest BCUT2D eigenvalue weighted by Gasteiger charge is -2.67. The molecule has 5 unspecified atom stereocenters. The molecule has 0 bridgehead atoms. The third-order valence-corrected chi connectivity index (χ3v) is 8.06. The molecule has 29 heavy (non-hydrogen) atoms. The first-order valence-corrected chi connectivity index (χ1v) is 12.4. The van der Waals surface area contributed by atoms with Crippen LogP contribution in [0.2, 0.25) is 0 Å². The van der Waals surface area contributed by atoms with Crippen LogP contribution in [0.3, 0.4) is 0 Å². The molecule has 0 amide bonds. The van der Waals surface area contributed by atoms with Gasteiger partial charge in [0.1, 0.15) is 0 Å². The maximum absolute atomic E-state index is 4.66. The van der Waals surface area contributed by atoms with Gasteiger partial charge in [-0.25, -0.2) is 0 Å². The minimum absolute atomic E-state index is 0.351. The molecule has 0 aromatic rings. The molecule has 0 aliphatic heterocycles. The highest BCUT2D eigenvalue weighted by Crippen LogP contribution is 2.69. The van der Waals surface area contributed by atoms with Crippen molar-refractivity contribution >= 4 is 0 Å². The fourth-order valence-corrected chi connectivity index (χ4v) is 7.48. The van der Waals surface area contributed by atoms with E-state index in [9.17, 15) is 0 Å². The van der Waals surface area contributed by atoms with Crippen LogP contribution in [0.4, 0.5) is 0 Å². The van der Waals surface area contributed by atoms with E-state index in [1.165, 1.54) is 31.3 Å². The molecule has 2 saturated carbocycles. The summed E-state index contributed by atoms with van der Waals surface area (Å²) in [7, 11) is 0. The van der Waals surface area contributed by atoms with Crippen molar-refractivity contribution in [2.45, 2.75) is 116 Å². The van der Waals surface area contributed by atoms with Crippen molar-refractivity contribution < 1.29 is 0 Å². The number of allylic oxidation sites excluding steroid dienone is 1. The van der Waals surface area contributed by atoms with Gasteiger partial charge in [0.25, 0.3) is 0 Å². The molecule has 2 fully saturated rings. The summed E-state index contributed by atoms with van der Waals surface area (Å²) in [6.45, 7) is 35.2. The minimum Gasteiger partial charge on any atom is -0.124 e. The van der Waals surface area contributed by atoms with E-state index in [1.807, 2.05) is 27.7 Å². The van der Waals surface area contributed by atoms with Crippen molar-refractivity contribution in [2.24, 2.45) is 45.8 Å². The lowest BCUT2D eigenvalue weighted by Crippen LogP contribution is -2.60. The predicted molar refractivity (Wildman–Crippen MR) is 136 cm³/mol. The van der Waals surface area contributed by atoms with Gasteiger partial charge < -0.3 is 0 Å².